The lowest BCUT2D eigenvalue weighted by atomic mass is 10.1. The van der Waals surface area contributed by atoms with Crippen molar-refractivity contribution in [1.82, 2.24) is 4.57 Å². The second-order valence-corrected chi connectivity index (χ2v) is 7.21. The minimum absolute atomic E-state index is 0.0399. The van der Waals surface area contributed by atoms with Crippen LogP contribution in [0.15, 0.2) is 83.0 Å². The largest absolute Gasteiger partial charge is 0.493 e. The van der Waals surface area contributed by atoms with Crippen LogP contribution in [0.5, 0.6) is 5.88 Å². The number of rotatable bonds is 4. The Morgan fingerprint density at radius 2 is 1.79 bits per heavy atom. The maximum absolute atomic E-state index is 12.4. The Kier molecular flexibility index (Phi) is 5.14. The van der Waals surface area contributed by atoms with Gasteiger partial charge < -0.3 is 9.67 Å². The molecule has 4 aromatic rings. The van der Waals surface area contributed by atoms with Crippen LogP contribution >= 0.6 is 11.6 Å². The van der Waals surface area contributed by atoms with Gasteiger partial charge in [-0.15, -0.1) is 10.2 Å². The van der Waals surface area contributed by atoms with Crippen molar-refractivity contribution < 1.29 is 9.90 Å². The van der Waals surface area contributed by atoms with Crippen LogP contribution in [0, 0.1) is 6.92 Å². The number of aryl methyl sites for hydroxylation is 1. The standard InChI is InChI=1S/C23H18ClN3O2/c1-15-5-4-6-17(13-15)22(28)26-25-21-19-7-2-3-8-20(19)27(23(21)29)14-16-9-11-18(24)12-10-16/h2-13,29H,14H2,1H3. The molecule has 0 fully saturated rings. The van der Waals surface area contributed by atoms with Crippen molar-refractivity contribution >= 4 is 34.1 Å². The zero-order valence-corrected chi connectivity index (χ0v) is 16.5. The average molecular weight is 404 g/mol. The van der Waals surface area contributed by atoms with Gasteiger partial charge in [0.15, 0.2) is 5.69 Å². The first-order valence-corrected chi connectivity index (χ1v) is 9.48. The summed E-state index contributed by atoms with van der Waals surface area (Å²) in [5.41, 5.74) is 3.48. The van der Waals surface area contributed by atoms with Crippen molar-refractivity contribution in [2.75, 3.05) is 0 Å². The van der Waals surface area contributed by atoms with Crippen molar-refractivity contribution in [2.24, 2.45) is 10.2 Å². The van der Waals surface area contributed by atoms with E-state index in [1.54, 1.807) is 34.9 Å². The van der Waals surface area contributed by atoms with E-state index in [4.69, 9.17) is 11.6 Å². The Morgan fingerprint density at radius 1 is 1.03 bits per heavy atom. The molecule has 0 saturated carbocycles. The molecule has 5 nitrogen and oxygen atoms in total. The molecule has 0 aliphatic rings. The van der Waals surface area contributed by atoms with Crippen LogP contribution in [-0.2, 0) is 6.54 Å². The lowest BCUT2D eigenvalue weighted by Crippen LogP contribution is -1.98. The summed E-state index contributed by atoms with van der Waals surface area (Å²) in [6.45, 7) is 2.34. The third-order valence-corrected chi connectivity index (χ3v) is 4.93. The van der Waals surface area contributed by atoms with Crippen LogP contribution in [0.25, 0.3) is 10.9 Å². The Bertz CT molecular complexity index is 1230. The number of nitrogens with zero attached hydrogens (tertiary/aromatic N) is 3. The molecule has 3 aromatic carbocycles. The quantitative estimate of drug-likeness (QED) is 0.407. The fraction of sp³-hybridized carbons (Fsp3) is 0.0870. The summed E-state index contributed by atoms with van der Waals surface area (Å²) in [6.07, 6.45) is 0. The van der Waals surface area contributed by atoms with Gasteiger partial charge in [0.1, 0.15) is 0 Å². The first kappa shape index (κ1) is 18.9. The van der Waals surface area contributed by atoms with Gasteiger partial charge in [0.25, 0.3) is 5.91 Å². The smallest absolute Gasteiger partial charge is 0.295 e. The van der Waals surface area contributed by atoms with Gasteiger partial charge in [0.2, 0.25) is 5.88 Å². The number of carbonyl (C=O) groups excluding carboxylic acids is 1. The number of hydrogen-bond donors (Lipinski definition) is 1. The zero-order valence-electron chi connectivity index (χ0n) is 15.7. The summed E-state index contributed by atoms with van der Waals surface area (Å²) in [5, 5.41) is 20.1. The maximum atomic E-state index is 12.4. The molecule has 29 heavy (non-hydrogen) atoms. The summed E-state index contributed by atoms with van der Waals surface area (Å²) in [5.74, 6) is -0.496. The number of benzene rings is 3. The van der Waals surface area contributed by atoms with E-state index in [0.717, 1.165) is 22.0 Å². The molecule has 0 spiro atoms. The molecule has 0 bridgehead atoms. The second kappa shape index (κ2) is 7.89. The minimum atomic E-state index is -0.456. The highest BCUT2D eigenvalue weighted by Gasteiger charge is 2.17. The van der Waals surface area contributed by atoms with E-state index in [0.29, 0.717) is 17.1 Å². The molecule has 0 atom stereocenters. The van der Waals surface area contributed by atoms with E-state index in [9.17, 15) is 9.90 Å². The second-order valence-electron chi connectivity index (χ2n) is 6.78. The van der Waals surface area contributed by atoms with Gasteiger partial charge in [-0.25, -0.2) is 0 Å². The molecule has 0 radical (unpaired) electrons. The monoisotopic (exact) mass is 403 g/mol. The number of halogens is 1. The van der Waals surface area contributed by atoms with Gasteiger partial charge in [-0.2, -0.15) is 0 Å². The molecular formula is C23H18ClN3O2. The van der Waals surface area contributed by atoms with Crippen molar-refractivity contribution in [3.63, 3.8) is 0 Å². The van der Waals surface area contributed by atoms with Gasteiger partial charge in [-0.1, -0.05) is 59.6 Å². The first-order valence-electron chi connectivity index (χ1n) is 9.10. The molecule has 1 aromatic heterocycles. The third-order valence-electron chi connectivity index (χ3n) is 4.68. The van der Waals surface area contributed by atoms with E-state index < -0.39 is 5.91 Å². The van der Waals surface area contributed by atoms with Crippen molar-refractivity contribution in [3.05, 3.63) is 94.5 Å². The molecule has 1 N–H and O–H groups in total. The number of azo groups is 1. The van der Waals surface area contributed by atoms with Crippen LogP contribution in [0.1, 0.15) is 21.5 Å². The number of aromatic hydroxyl groups is 1. The summed E-state index contributed by atoms with van der Waals surface area (Å²) >= 11 is 5.96. The Morgan fingerprint density at radius 3 is 2.55 bits per heavy atom. The van der Waals surface area contributed by atoms with Crippen molar-refractivity contribution in [3.8, 4) is 5.88 Å². The summed E-state index contributed by atoms with van der Waals surface area (Å²) < 4.78 is 1.74. The van der Waals surface area contributed by atoms with E-state index in [2.05, 4.69) is 10.2 Å². The zero-order chi connectivity index (χ0) is 20.4. The number of para-hydroxylation sites is 1. The highest BCUT2D eigenvalue weighted by Crippen LogP contribution is 2.39. The van der Waals surface area contributed by atoms with Gasteiger partial charge >= 0.3 is 0 Å². The number of amides is 1. The van der Waals surface area contributed by atoms with Gasteiger partial charge in [-0.3, -0.25) is 4.79 Å². The van der Waals surface area contributed by atoms with Gasteiger partial charge in [-0.05, 0) is 42.8 Å². The number of fused-ring (bicyclic) bond motifs is 1. The average Bonchev–Trinajstić information content (AvgIpc) is 2.99. The van der Waals surface area contributed by atoms with Crippen molar-refractivity contribution in [2.45, 2.75) is 13.5 Å². The molecule has 144 valence electrons. The van der Waals surface area contributed by atoms with Crippen LogP contribution in [0.2, 0.25) is 5.02 Å². The summed E-state index contributed by atoms with van der Waals surface area (Å²) in [7, 11) is 0. The van der Waals surface area contributed by atoms with E-state index in [1.807, 2.05) is 49.4 Å². The Labute approximate surface area is 172 Å². The minimum Gasteiger partial charge on any atom is -0.493 e. The fourth-order valence-corrected chi connectivity index (χ4v) is 3.36. The van der Waals surface area contributed by atoms with Gasteiger partial charge in [0.05, 0.1) is 12.1 Å². The Balaban J connectivity index is 1.72. The van der Waals surface area contributed by atoms with E-state index in [1.165, 1.54) is 0 Å². The number of hydrogen-bond acceptors (Lipinski definition) is 3. The lowest BCUT2D eigenvalue weighted by Gasteiger charge is -2.07. The number of carbonyl (C=O) groups is 1. The predicted molar refractivity (Wildman–Crippen MR) is 114 cm³/mol. The fourth-order valence-electron chi connectivity index (χ4n) is 3.23. The molecule has 1 heterocycles. The molecule has 6 heteroatoms. The maximum Gasteiger partial charge on any atom is 0.295 e. The predicted octanol–water partition coefficient (Wildman–Crippen LogP) is 6.28. The third kappa shape index (κ3) is 3.91. The van der Waals surface area contributed by atoms with Gasteiger partial charge in [0, 0.05) is 16.0 Å². The van der Waals surface area contributed by atoms with Crippen LogP contribution in [-0.4, -0.2) is 15.6 Å². The molecule has 0 aliphatic heterocycles. The van der Waals surface area contributed by atoms with Crippen LogP contribution in [0.4, 0.5) is 5.69 Å². The summed E-state index contributed by atoms with van der Waals surface area (Å²) in [4.78, 5) is 12.4. The van der Waals surface area contributed by atoms with Crippen LogP contribution in [0.3, 0.4) is 0 Å². The van der Waals surface area contributed by atoms with E-state index >= 15 is 0 Å². The molecule has 4 rings (SSSR count). The van der Waals surface area contributed by atoms with E-state index in [-0.39, 0.29) is 11.6 Å². The highest BCUT2D eigenvalue weighted by molar-refractivity contribution is 6.30. The topological polar surface area (TPSA) is 66.9 Å². The lowest BCUT2D eigenvalue weighted by molar-refractivity contribution is 0.0995. The normalized spacial score (nSPS) is 11.4. The summed E-state index contributed by atoms with van der Waals surface area (Å²) in [6, 6.07) is 22.1. The first-order chi connectivity index (χ1) is 14.0. The molecule has 0 aliphatic carbocycles. The highest BCUT2D eigenvalue weighted by atomic mass is 35.5. The Hall–Kier alpha value is -3.44. The number of aromatic nitrogens is 1. The molecule has 0 unspecified atom stereocenters. The molecule has 0 saturated heterocycles. The van der Waals surface area contributed by atoms with Crippen LogP contribution < -0.4 is 0 Å². The molecule has 1 amide bonds. The molecular weight excluding hydrogens is 386 g/mol. The SMILES string of the molecule is Cc1cccc(C(=O)N=Nc2c(O)n(Cc3ccc(Cl)cc3)c3ccccc23)c1. The van der Waals surface area contributed by atoms with Crippen molar-refractivity contribution in [1.29, 1.82) is 0 Å².